The Labute approximate surface area is 112 Å². The number of anilines is 1. The molecule has 0 bridgehead atoms. The van der Waals surface area contributed by atoms with E-state index in [9.17, 15) is 4.39 Å². The highest BCUT2D eigenvalue weighted by Crippen LogP contribution is 2.19. The lowest BCUT2D eigenvalue weighted by Gasteiger charge is -2.07. The molecule has 0 unspecified atom stereocenters. The molecule has 0 amide bonds. The molecule has 18 heavy (non-hydrogen) atoms. The lowest BCUT2D eigenvalue weighted by Crippen LogP contribution is -2.01. The van der Waals surface area contributed by atoms with Gasteiger partial charge in [-0.3, -0.25) is 0 Å². The van der Waals surface area contributed by atoms with Crippen LogP contribution in [0.5, 0.6) is 0 Å². The Hall–Kier alpha value is -1.93. The average molecular weight is 306 g/mol. The van der Waals surface area contributed by atoms with Gasteiger partial charge in [-0.25, -0.2) is 9.37 Å². The normalized spacial score (nSPS) is 9.83. The first kappa shape index (κ1) is 12.5. The predicted molar refractivity (Wildman–Crippen MR) is 70.4 cm³/mol. The molecule has 0 aliphatic carbocycles. The number of hydrogen-bond donors (Lipinski definition) is 1. The van der Waals surface area contributed by atoms with Crippen molar-refractivity contribution >= 4 is 21.6 Å². The van der Waals surface area contributed by atoms with Crippen LogP contribution in [0, 0.1) is 17.1 Å². The second-order valence-electron chi connectivity index (χ2n) is 3.63. The molecule has 1 heterocycles. The third-order valence-electron chi connectivity index (χ3n) is 2.38. The van der Waals surface area contributed by atoms with Crippen LogP contribution in [-0.4, -0.2) is 4.98 Å². The Kier molecular flexibility index (Phi) is 3.90. The topological polar surface area (TPSA) is 48.7 Å². The van der Waals surface area contributed by atoms with Crippen molar-refractivity contribution < 1.29 is 4.39 Å². The molecule has 0 atom stereocenters. The van der Waals surface area contributed by atoms with Crippen molar-refractivity contribution in [1.29, 1.82) is 5.26 Å². The number of pyridine rings is 1. The van der Waals surface area contributed by atoms with E-state index in [-0.39, 0.29) is 5.82 Å². The molecule has 0 radical (unpaired) electrons. The van der Waals surface area contributed by atoms with Crippen molar-refractivity contribution in [2.24, 2.45) is 0 Å². The highest BCUT2D eigenvalue weighted by Gasteiger charge is 2.01. The lowest BCUT2D eigenvalue weighted by atomic mass is 10.2. The number of nitrogens with one attached hydrogen (secondary N) is 1. The van der Waals surface area contributed by atoms with E-state index in [1.165, 1.54) is 12.1 Å². The van der Waals surface area contributed by atoms with Gasteiger partial charge in [-0.1, -0.05) is 22.0 Å². The van der Waals surface area contributed by atoms with Crippen LogP contribution in [0.1, 0.15) is 11.3 Å². The molecule has 0 fully saturated rings. The fraction of sp³-hybridized carbons (Fsp3) is 0.0769. The Morgan fingerprint density at radius 1 is 1.33 bits per heavy atom. The van der Waals surface area contributed by atoms with Crippen LogP contribution in [-0.2, 0) is 6.54 Å². The molecule has 0 saturated carbocycles. The van der Waals surface area contributed by atoms with Crippen LogP contribution >= 0.6 is 15.9 Å². The minimum absolute atomic E-state index is 0.273. The van der Waals surface area contributed by atoms with Gasteiger partial charge in [0, 0.05) is 11.0 Å². The summed E-state index contributed by atoms with van der Waals surface area (Å²) in [6.07, 6.45) is 1.59. The molecule has 0 aliphatic rings. The van der Waals surface area contributed by atoms with Gasteiger partial charge in [-0.2, -0.15) is 5.26 Å². The number of nitriles is 1. The van der Waals surface area contributed by atoms with Crippen LogP contribution in [0.25, 0.3) is 0 Å². The zero-order valence-electron chi connectivity index (χ0n) is 9.32. The number of hydrogen-bond acceptors (Lipinski definition) is 3. The van der Waals surface area contributed by atoms with Gasteiger partial charge in [-0.15, -0.1) is 0 Å². The fourth-order valence-corrected chi connectivity index (χ4v) is 1.92. The number of nitrogens with zero attached hydrogens (tertiary/aromatic N) is 2. The smallest absolute Gasteiger partial charge is 0.140 e. The van der Waals surface area contributed by atoms with Gasteiger partial charge < -0.3 is 5.32 Å². The lowest BCUT2D eigenvalue weighted by molar-refractivity contribution is 0.626. The van der Waals surface area contributed by atoms with E-state index in [4.69, 9.17) is 5.26 Å². The summed E-state index contributed by atoms with van der Waals surface area (Å²) in [4.78, 5) is 3.95. The molecule has 1 aromatic heterocycles. The third kappa shape index (κ3) is 3.05. The molecule has 1 N–H and O–H groups in total. The second kappa shape index (κ2) is 5.61. The largest absolute Gasteiger partial charge is 0.380 e. The Balaban J connectivity index is 2.04. The van der Waals surface area contributed by atoms with Gasteiger partial charge in [0.05, 0.1) is 11.9 Å². The predicted octanol–water partition coefficient (Wildman–Crippen LogP) is 3.47. The zero-order valence-corrected chi connectivity index (χ0v) is 10.9. The van der Waals surface area contributed by atoms with Crippen molar-refractivity contribution in [3.05, 3.63) is 58.1 Å². The summed E-state index contributed by atoms with van der Waals surface area (Å²) in [7, 11) is 0. The molecular formula is C13H9BrFN3. The summed E-state index contributed by atoms with van der Waals surface area (Å²) < 4.78 is 13.6. The minimum Gasteiger partial charge on any atom is -0.380 e. The van der Waals surface area contributed by atoms with Gasteiger partial charge in [0.1, 0.15) is 17.6 Å². The highest BCUT2D eigenvalue weighted by molar-refractivity contribution is 9.10. The van der Waals surface area contributed by atoms with Crippen molar-refractivity contribution in [1.82, 2.24) is 4.98 Å². The summed E-state index contributed by atoms with van der Waals surface area (Å²) in [5.74, 6) is -0.273. The molecule has 2 rings (SSSR count). The number of halogens is 2. The summed E-state index contributed by atoms with van der Waals surface area (Å²) in [6, 6.07) is 9.93. The summed E-state index contributed by atoms with van der Waals surface area (Å²) in [5, 5.41) is 11.8. The summed E-state index contributed by atoms with van der Waals surface area (Å²) in [6.45, 7) is 0.550. The third-order valence-corrected chi connectivity index (χ3v) is 3.11. The van der Waals surface area contributed by atoms with Gasteiger partial charge in [-0.05, 0) is 29.8 Å². The maximum Gasteiger partial charge on any atom is 0.140 e. The van der Waals surface area contributed by atoms with Crippen LogP contribution in [0.2, 0.25) is 0 Å². The number of benzene rings is 1. The molecule has 0 spiro atoms. The Bertz CT molecular complexity index is 590. The number of aromatic nitrogens is 1. The van der Waals surface area contributed by atoms with Gasteiger partial charge >= 0.3 is 0 Å². The Morgan fingerprint density at radius 2 is 2.17 bits per heavy atom. The molecular weight excluding hydrogens is 297 g/mol. The SMILES string of the molecule is N#Cc1ccc(NCc2ccc(F)cc2Br)cn1. The van der Waals surface area contributed by atoms with Crippen molar-refractivity contribution in [3.63, 3.8) is 0 Å². The van der Waals surface area contributed by atoms with Crippen molar-refractivity contribution in [3.8, 4) is 6.07 Å². The van der Waals surface area contributed by atoms with Gasteiger partial charge in [0.2, 0.25) is 0 Å². The summed E-state index contributed by atoms with van der Waals surface area (Å²) >= 11 is 3.30. The second-order valence-corrected chi connectivity index (χ2v) is 4.49. The molecule has 1 aromatic carbocycles. The van der Waals surface area contributed by atoms with E-state index in [1.807, 2.05) is 6.07 Å². The van der Waals surface area contributed by atoms with E-state index in [2.05, 4.69) is 26.2 Å². The zero-order chi connectivity index (χ0) is 13.0. The van der Waals surface area contributed by atoms with Crippen molar-refractivity contribution in [2.45, 2.75) is 6.54 Å². The first-order valence-corrected chi connectivity index (χ1v) is 6.02. The Morgan fingerprint density at radius 3 is 2.78 bits per heavy atom. The van der Waals surface area contributed by atoms with Crippen LogP contribution in [0.15, 0.2) is 41.0 Å². The number of rotatable bonds is 3. The van der Waals surface area contributed by atoms with E-state index in [0.29, 0.717) is 12.2 Å². The maximum absolute atomic E-state index is 12.9. The molecule has 2 aromatic rings. The van der Waals surface area contributed by atoms with Gasteiger partial charge in [0.15, 0.2) is 0 Å². The molecule has 3 nitrogen and oxygen atoms in total. The highest BCUT2D eigenvalue weighted by atomic mass is 79.9. The molecule has 90 valence electrons. The summed E-state index contributed by atoms with van der Waals surface area (Å²) in [5.41, 5.74) is 2.13. The molecule has 0 saturated heterocycles. The first-order valence-electron chi connectivity index (χ1n) is 5.23. The monoisotopic (exact) mass is 305 g/mol. The average Bonchev–Trinajstić information content (AvgIpc) is 2.38. The van der Waals surface area contributed by atoms with E-state index in [0.717, 1.165) is 15.7 Å². The maximum atomic E-state index is 12.9. The van der Waals surface area contributed by atoms with Crippen LogP contribution in [0.4, 0.5) is 10.1 Å². The van der Waals surface area contributed by atoms with E-state index >= 15 is 0 Å². The van der Waals surface area contributed by atoms with Gasteiger partial charge in [0.25, 0.3) is 0 Å². The van der Waals surface area contributed by atoms with E-state index < -0.39 is 0 Å². The fourth-order valence-electron chi connectivity index (χ4n) is 1.43. The molecule has 0 aliphatic heterocycles. The first-order chi connectivity index (χ1) is 8.69. The van der Waals surface area contributed by atoms with Crippen molar-refractivity contribution in [2.75, 3.05) is 5.32 Å². The van der Waals surface area contributed by atoms with Crippen LogP contribution in [0.3, 0.4) is 0 Å². The minimum atomic E-state index is -0.273. The van der Waals surface area contributed by atoms with E-state index in [1.54, 1.807) is 24.4 Å². The standard InChI is InChI=1S/C13H9BrFN3/c14-13-5-10(15)2-1-9(13)7-17-12-4-3-11(6-16)18-8-12/h1-5,8,17H,7H2. The molecule has 5 heteroatoms. The quantitative estimate of drug-likeness (QED) is 0.944. The van der Waals surface area contributed by atoms with Crippen LogP contribution < -0.4 is 5.32 Å².